The Morgan fingerprint density at radius 1 is 1.24 bits per heavy atom. The van der Waals surface area contributed by atoms with Crippen LogP contribution in [0.25, 0.3) is 0 Å². The summed E-state index contributed by atoms with van der Waals surface area (Å²) in [5, 5.41) is 4.32. The third-order valence-corrected chi connectivity index (χ3v) is 6.65. The summed E-state index contributed by atoms with van der Waals surface area (Å²) in [7, 11) is 0. The summed E-state index contributed by atoms with van der Waals surface area (Å²) in [6, 6.07) is 4.84. The quantitative estimate of drug-likeness (QED) is 0.626. The summed E-state index contributed by atoms with van der Waals surface area (Å²) in [6.07, 6.45) is -4.62. The van der Waals surface area contributed by atoms with Crippen molar-refractivity contribution in [3.05, 3.63) is 45.6 Å². The van der Waals surface area contributed by atoms with Crippen LogP contribution < -0.4 is 0 Å². The van der Waals surface area contributed by atoms with Crippen LogP contribution in [0.4, 0.5) is 19.0 Å². The molecule has 1 saturated heterocycles. The topological polar surface area (TPSA) is 50.5 Å². The van der Waals surface area contributed by atoms with Crippen molar-refractivity contribution in [2.75, 3.05) is 18.2 Å². The van der Waals surface area contributed by atoms with E-state index in [2.05, 4.69) is 10.1 Å². The molecule has 2 aliphatic rings. The van der Waals surface area contributed by atoms with Gasteiger partial charge in [0.15, 0.2) is 11.5 Å². The number of hydrogen-bond donors (Lipinski definition) is 0. The fourth-order valence-electron chi connectivity index (χ4n) is 3.56. The molecule has 11 heteroatoms. The predicted molar refractivity (Wildman–Crippen MR) is 107 cm³/mol. The highest BCUT2D eigenvalue weighted by Gasteiger charge is 2.43. The number of carbonyl (C=O) groups excluding carboxylic acids is 1. The second-order valence-electron chi connectivity index (χ2n) is 6.82. The first kappa shape index (κ1) is 20.6. The molecular weight excluding hydrogens is 448 g/mol. The zero-order chi connectivity index (χ0) is 20.9. The number of benzene rings is 1. The van der Waals surface area contributed by atoms with E-state index in [0.29, 0.717) is 28.7 Å². The Hall–Kier alpha value is -1.71. The maximum absolute atomic E-state index is 13.3. The summed E-state index contributed by atoms with van der Waals surface area (Å²) in [5.41, 5.74) is -0.0834. The summed E-state index contributed by atoms with van der Waals surface area (Å²) in [5.74, 6) is 0.417. The first-order chi connectivity index (χ1) is 13.7. The minimum atomic E-state index is -4.62. The molecule has 0 bridgehead atoms. The second kappa shape index (κ2) is 7.52. The lowest BCUT2D eigenvalue weighted by Crippen LogP contribution is -2.43. The normalized spacial score (nSPS) is 21.9. The molecule has 0 aliphatic carbocycles. The van der Waals surface area contributed by atoms with E-state index < -0.39 is 23.8 Å². The Labute approximate surface area is 178 Å². The lowest BCUT2D eigenvalue weighted by atomic mass is 9.87. The Morgan fingerprint density at radius 2 is 2.00 bits per heavy atom. The molecule has 0 radical (unpaired) electrons. The standard InChI is InChI=1S/C18H15Cl2F3N4OS/c1-9-15(17(28)26-4-5-29-8-26)16(10-2-3-11(19)12(20)6-10)27-14(24-9)7-13(25-27)18(21,22)23/h2-3,6-7,15-16H,4-5,8H2,1H3. The zero-order valence-corrected chi connectivity index (χ0v) is 17.4. The van der Waals surface area contributed by atoms with E-state index in [1.54, 1.807) is 41.8 Å². The molecule has 1 fully saturated rings. The number of aromatic nitrogens is 2. The Morgan fingerprint density at radius 3 is 2.62 bits per heavy atom. The number of nitrogens with zero attached hydrogens (tertiary/aromatic N) is 4. The van der Waals surface area contributed by atoms with Crippen molar-refractivity contribution in [2.24, 2.45) is 10.9 Å². The molecule has 3 heterocycles. The summed E-state index contributed by atoms with van der Waals surface area (Å²) in [4.78, 5) is 19.2. The van der Waals surface area contributed by atoms with Gasteiger partial charge in [-0.05, 0) is 24.6 Å². The first-order valence-corrected chi connectivity index (χ1v) is 10.6. The highest BCUT2D eigenvalue weighted by atomic mass is 35.5. The smallest absolute Gasteiger partial charge is 0.332 e. The van der Waals surface area contributed by atoms with Crippen molar-refractivity contribution < 1.29 is 18.0 Å². The van der Waals surface area contributed by atoms with Gasteiger partial charge < -0.3 is 4.90 Å². The molecule has 1 aromatic heterocycles. The van der Waals surface area contributed by atoms with Crippen LogP contribution in [-0.2, 0) is 11.0 Å². The van der Waals surface area contributed by atoms with Crippen molar-refractivity contribution in [3.63, 3.8) is 0 Å². The van der Waals surface area contributed by atoms with E-state index >= 15 is 0 Å². The minimum Gasteiger partial charge on any atom is -0.332 e. The van der Waals surface area contributed by atoms with E-state index in [9.17, 15) is 18.0 Å². The first-order valence-electron chi connectivity index (χ1n) is 8.70. The van der Waals surface area contributed by atoms with Crippen LogP contribution in [0.5, 0.6) is 0 Å². The molecule has 2 unspecified atom stereocenters. The van der Waals surface area contributed by atoms with Gasteiger partial charge in [-0.2, -0.15) is 18.3 Å². The highest BCUT2D eigenvalue weighted by molar-refractivity contribution is 7.99. The van der Waals surface area contributed by atoms with Gasteiger partial charge in [-0.25, -0.2) is 9.67 Å². The number of fused-ring (bicyclic) bond motifs is 1. The van der Waals surface area contributed by atoms with Crippen LogP contribution >= 0.6 is 35.0 Å². The number of aliphatic imine (C=N–C) groups is 1. The van der Waals surface area contributed by atoms with Crippen LogP contribution in [-0.4, -0.2) is 44.5 Å². The van der Waals surface area contributed by atoms with Gasteiger partial charge in [-0.3, -0.25) is 4.79 Å². The van der Waals surface area contributed by atoms with E-state index in [-0.39, 0.29) is 16.7 Å². The zero-order valence-electron chi connectivity index (χ0n) is 15.1. The van der Waals surface area contributed by atoms with Gasteiger partial charge in [-0.1, -0.05) is 29.3 Å². The molecule has 5 nitrogen and oxygen atoms in total. The second-order valence-corrected chi connectivity index (χ2v) is 8.71. The van der Waals surface area contributed by atoms with Crippen LogP contribution in [0.2, 0.25) is 10.0 Å². The molecule has 0 saturated carbocycles. The summed E-state index contributed by atoms with van der Waals surface area (Å²) >= 11 is 13.8. The maximum Gasteiger partial charge on any atom is 0.435 e. The largest absolute Gasteiger partial charge is 0.435 e. The van der Waals surface area contributed by atoms with Crippen LogP contribution in [0.3, 0.4) is 0 Å². The van der Waals surface area contributed by atoms with E-state index in [4.69, 9.17) is 23.2 Å². The monoisotopic (exact) mass is 462 g/mol. The molecule has 2 aromatic rings. The van der Waals surface area contributed by atoms with Gasteiger partial charge in [0.2, 0.25) is 5.91 Å². The number of amides is 1. The molecule has 29 heavy (non-hydrogen) atoms. The van der Waals surface area contributed by atoms with Crippen LogP contribution in [0.15, 0.2) is 29.3 Å². The molecule has 1 amide bonds. The van der Waals surface area contributed by atoms with Gasteiger partial charge in [0, 0.05) is 24.1 Å². The summed E-state index contributed by atoms with van der Waals surface area (Å²) in [6.45, 7) is 2.24. The lowest BCUT2D eigenvalue weighted by molar-refractivity contribution is -0.141. The van der Waals surface area contributed by atoms with E-state index in [0.717, 1.165) is 11.8 Å². The molecule has 154 valence electrons. The molecule has 2 atom stereocenters. The number of carbonyl (C=O) groups is 1. The van der Waals surface area contributed by atoms with Crippen molar-refractivity contribution in [2.45, 2.75) is 19.1 Å². The maximum atomic E-state index is 13.3. The molecular formula is C18H15Cl2F3N4OS. The number of rotatable bonds is 2. The molecule has 1 aromatic carbocycles. The Bertz CT molecular complexity index is 1000. The fourth-order valence-corrected chi connectivity index (χ4v) is 4.82. The fraction of sp³-hybridized carbons (Fsp3) is 0.389. The average molecular weight is 463 g/mol. The van der Waals surface area contributed by atoms with Gasteiger partial charge in [0.1, 0.15) is 5.92 Å². The predicted octanol–water partition coefficient (Wildman–Crippen LogP) is 5.05. The van der Waals surface area contributed by atoms with Gasteiger partial charge in [0.05, 0.1) is 22.0 Å². The van der Waals surface area contributed by atoms with Crippen molar-refractivity contribution in [3.8, 4) is 0 Å². The highest BCUT2D eigenvalue weighted by Crippen LogP contribution is 2.42. The molecule has 0 spiro atoms. The molecule has 2 aliphatic heterocycles. The Kier molecular flexibility index (Phi) is 5.33. The summed E-state index contributed by atoms with van der Waals surface area (Å²) < 4.78 is 41.0. The van der Waals surface area contributed by atoms with Crippen molar-refractivity contribution >= 4 is 52.4 Å². The lowest BCUT2D eigenvalue weighted by Gasteiger charge is -2.33. The third-order valence-electron chi connectivity index (χ3n) is 4.94. The van der Waals surface area contributed by atoms with E-state index in [1.165, 1.54) is 4.68 Å². The number of hydrogen-bond acceptors (Lipinski definition) is 4. The number of alkyl halides is 3. The van der Waals surface area contributed by atoms with Gasteiger partial charge in [-0.15, -0.1) is 11.8 Å². The van der Waals surface area contributed by atoms with E-state index in [1.807, 2.05) is 0 Å². The average Bonchev–Trinajstić information content (AvgIpc) is 3.31. The van der Waals surface area contributed by atoms with Crippen molar-refractivity contribution in [1.29, 1.82) is 0 Å². The minimum absolute atomic E-state index is 0.0470. The third kappa shape index (κ3) is 3.75. The molecule has 0 N–H and O–H groups in total. The number of halogens is 5. The van der Waals surface area contributed by atoms with Gasteiger partial charge in [0.25, 0.3) is 0 Å². The van der Waals surface area contributed by atoms with Crippen LogP contribution in [0, 0.1) is 5.92 Å². The van der Waals surface area contributed by atoms with Gasteiger partial charge >= 0.3 is 6.18 Å². The number of thioether (sulfide) groups is 1. The SMILES string of the molecule is CC1=Nc2cc(C(F)(F)F)nn2C(c2ccc(Cl)c(Cl)c2)C1C(=O)N1CCSC1. The Balaban J connectivity index is 1.87. The van der Waals surface area contributed by atoms with Crippen molar-refractivity contribution in [1.82, 2.24) is 14.7 Å². The van der Waals surface area contributed by atoms with Crippen LogP contribution in [0.1, 0.15) is 24.2 Å². The molecule has 4 rings (SSSR count).